The van der Waals surface area contributed by atoms with Crippen molar-refractivity contribution in [2.24, 2.45) is 0 Å². The molecule has 0 aromatic heterocycles. The molecule has 1 rings (SSSR count). The van der Waals surface area contributed by atoms with Gasteiger partial charge >= 0.3 is 5.97 Å². The Morgan fingerprint density at radius 3 is 2.90 bits per heavy atom. The van der Waals surface area contributed by atoms with Gasteiger partial charge in [-0.2, -0.15) is 0 Å². The number of carbonyl (C=O) groups is 1. The highest BCUT2D eigenvalue weighted by atomic mass is 16.6. The van der Waals surface area contributed by atoms with Crippen molar-refractivity contribution in [3.05, 3.63) is 11.8 Å². The van der Waals surface area contributed by atoms with E-state index in [1.54, 1.807) is 0 Å². The number of esters is 1. The maximum Gasteiger partial charge on any atom is 0.335 e. The second kappa shape index (κ2) is 2.73. The van der Waals surface area contributed by atoms with Crippen LogP contribution in [0.25, 0.3) is 0 Å². The van der Waals surface area contributed by atoms with Gasteiger partial charge in [-0.25, -0.2) is 4.79 Å². The van der Waals surface area contributed by atoms with Crippen LogP contribution in [0.2, 0.25) is 0 Å². The molecular weight excluding hydrogens is 132 g/mol. The molecule has 1 heterocycles. The van der Waals surface area contributed by atoms with Crippen molar-refractivity contribution in [1.82, 2.24) is 0 Å². The molecule has 0 aliphatic carbocycles. The van der Waals surface area contributed by atoms with E-state index in [-0.39, 0.29) is 11.9 Å². The van der Waals surface area contributed by atoms with E-state index in [0.29, 0.717) is 6.42 Å². The van der Waals surface area contributed by atoms with Gasteiger partial charge in [0.1, 0.15) is 5.76 Å². The van der Waals surface area contributed by atoms with Crippen LogP contribution < -0.4 is 0 Å². The maximum atomic E-state index is 10.5. The lowest BCUT2D eigenvalue weighted by atomic mass is 10.2. The van der Waals surface area contributed by atoms with E-state index < -0.39 is 5.97 Å². The van der Waals surface area contributed by atoms with E-state index in [9.17, 15) is 4.79 Å². The molecule has 0 spiro atoms. The molecule has 0 unspecified atom stereocenters. The third kappa shape index (κ3) is 1.29. The van der Waals surface area contributed by atoms with E-state index in [2.05, 4.69) is 0 Å². The summed E-state index contributed by atoms with van der Waals surface area (Å²) in [5, 5.41) is 9.01. The molecule has 1 aliphatic heterocycles. The molecule has 1 N–H and O–H groups in total. The summed E-state index contributed by atoms with van der Waals surface area (Å²) < 4.78 is 4.73. The topological polar surface area (TPSA) is 46.5 Å². The van der Waals surface area contributed by atoms with Crippen molar-refractivity contribution >= 4 is 5.97 Å². The number of cyclic esters (lactones) is 1. The smallest absolute Gasteiger partial charge is 0.335 e. The Morgan fingerprint density at radius 1 is 1.80 bits per heavy atom. The lowest BCUT2D eigenvalue weighted by Gasteiger charge is -2.07. The van der Waals surface area contributed by atoms with Crippen LogP contribution in [0.3, 0.4) is 0 Å². The Hall–Kier alpha value is -0.990. The van der Waals surface area contributed by atoms with Crippen LogP contribution in [0.4, 0.5) is 0 Å². The number of ether oxygens (including phenoxy) is 1. The minimum Gasteiger partial charge on any atom is -0.508 e. The summed E-state index contributed by atoms with van der Waals surface area (Å²) in [4.78, 5) is 10.5. The van der Waals surface area contributed by atoms with Gasteiger partial charge in [0.05, 0.1) is 6.08 Å². The lowest BCUT2D eigenvalue weighted by molar-refractivity contribution is -0.139. The zero-order valence-electron chi connectivity index (χ0n) is 5.83. The molecule has 0 radical (unpaired) electrons. The number of aliphatic hydroxyl groups excluding tert-OH is 1. The molecule has 0 aromatic carbocycles. The third-order valence-corrected chi connectivity index (χ3v) is 1.40. The van der Waals surface area contributed by atoms with Crippen molar-refractivity contribution in [1.29, 1.82) is 0 Å². The summed E-state index contributed by atoms with van der Waals surface area (Å²) in [6.07, 6.45) is 2.35. The normalized spacial score (nSPS) is 24.3. The average Bonchev–Trinajstić information content (AvgIpc) is 2.13. The standard InChI is InChI=1S/C7H10O3/c1-2-3-6-5(8)4-7(9)10-6/h4,6,8H,2-3H2,1H3/t6-/m1/s1. The zero-order chi connectivity index (χ0) is 7.56. The summed E-state index contributed by atoms with van der Waals surface area (Å²) in [7, 11) is 0. The molecule has 0 saturated carbocycles. The van der Waals surface area contributed by atoms with Gasteiger partial charge in [-0.15, -0.1) is 0 Å². The first-order valence-electron chi connectivity index (χ1n) is 3.35. The fraction of sp³-hybridized carbons (Fsp3) is 0.571. The zero-order valence-corrected chi connectivity index (χ0v) is 5.83. The van der Waals surface area contributed by atoms with E-state index in [1.165, 1.54) is 0 Å². The van der Waals surface area contributed by atoms with Gasteiger partial charge in [-0.3, -0.25) is 0 Å². The quantitative estimate of drug-likeness (QED) is 0.588. The molecule has 0 saturated heterocycles. The lowest BCUT2D eigenvalue weighted by Crippen LogP contribution is -2.10. The van der Waals surface area contributed by atoms with Crippen LogP contribution in [0.5, 0.6) is 0 Å². The molecule has 0 aromatic rings. The van der Waals surface area contributed by atoms with Crippen LogP contribution in [0.15, 0.2) is 11.8 Å². The second-order valence-electron chi connectivity index (χ2n) is 2.28. The molecule has 10 heavy (non-hydrogen) atoms. The fourth-order valence-corrected chi connectivity index (χ4v) is 0.917. The molecule has 0 fully saturated rings. The minimum absolute atomic E-state index is 0.0619. The van der Waals surface area contributed by atoms with Crippen LogP contribution in [-0.2, 0) is 9.53 Å². The van der Waals surface area contributed by atoms with Crippen LogP contribution in [0, 0.1) is 0 Å². The molecule has 0 amide bonds. The van der Waals surface area contributed by atoms with Gasteiger partial charge in [-0.05, 0) is 6.42 Å². The van der Waals surface area contributed by atoms with E-state index in [4.69, 9.17) is 9.84 Å². The van der Waals surface area contributed by atoms with Gasteiger partial charge in [0.2, 0.25) is 0 Å². The first kappa shape index (κ1) is 7.12. The molecule has 0 bridgehead atoms. The number of hydrogen-bond donors (Lipinski definition) is 1. The van der Waals surface area contributed by atoms with Gasteiger partial charge in [0, 0.05) is 0 Å². The predicted molar refractivity (Wildman–Crippen MR) is 35.5 cm³/mol. The molecule has 1 aliphatic rings. The van der Waals surface area contributed by atoms with Crippen molar-refractivity contribution in [2.75, 3.05) is 0 Å². The molecule has 3 nitrogen and oxygen atoms in total. The van der Waals surface area contributed by atoms with E-state index in [1.807, 2.05) is 6.92 Å². The van der Waals surface area contributed by atoms with Gasteiger partial charge < -0.3 is 9.84 Å². The predicted octanol–water partition coefficient (Wildman–Crippen LogP) is 1.15. The van der Waals surface area contributed by atoms with Gasteiger partial charge in [-0.1, -0.05) is 13.3 Å². The largest absolute Gasteiger partial charge is 0.508 e. The Labute approximate surface area is 59.3 Å². The maximum absolute atomic E-state index is 10.5. The number of carbonyl (C=O) groups excluding carboxylic acids is 1. The van der Waals surface area contributed by atoms with Gasteiger partial charge in [0.15, 0.2) is 6.10 Å². The number of hydrogen-bond acceptors (Lipinski definition) is 3. The number of rotatable bonds is 2. The van der Waals surface area contributed by atoms with E-state index >= 15 is 0 Å². The highest BCUT2D eigenvalue weighted by Crippen LogP contribution is 2.16. The van der Waals surface area contributed by atoms with Crippen molar-refractivity contribution < 1.29 is 14.6 Å². The first-order chi connectivity index (χ1) is 4.74. The SMILES string of the molecule is CCC[C@H]1OC(=O)C=C1O. The van der Waals surface area contributed by atoms with Crippen molar-refractivity contribution in [2.45, 2.75) is 25.9 Å². The molecule has 3 heteroatoms. The second-order valence-corrected chi connectivity index (χ2v) is 2.28. The fourth-order valence-electron chi connectivity index (χ4n) is 0.917. The summed E-state index contributed by atoms with van der Waals surface area (Å²) >= 11 is 0. The summed E-state index contributed by atoms with van der Waals surface area (Å²) in [5.41, 5.74) is 0. The molecular formula is C7H10O3. The van der Waals surface area contributed by atoms with Crippen molar-refractivity contribution in [3.63, 3.8) is 0 Å². The van der Waals surface area contributed by atoms with E-state index in [0.717, 1.165) is 12.5 Å². The minimum atomic E-state index is -0.434. The highest BCUT2D eigenvalue weighted by Gasteiger charge is 2.24. The first-order valence-corrected chi connectivity index (χ1v) is 3.35. The van der Waals surface area contributed by atoms with Crippen LogP contribution in [0.1, 0.15) is 19.8 Å². The van der Waals surface area contributed by atoms with Gasteiger partial charge in [0.25, 0.3) is 0 Å². The Balaban J connectivity index is 2.51. The Morgan fingerprint density at radius 2 is 2.50 bits per heavy atom. The monoisotopic (exact) mass is 142 g/mol. The number of aliphatic hydroxyl groups is 1. The van der Waals surface area contributed by atoms with Crippen molar-refractivity contribution in [3.8, 4) is 0 Å². The summed E-state index contributed by atoms with van der Waals surface area (Å²) in [6.45, 7) is 1.97. The average molecular weight is 142 g/mol. The van der Waals surface area contributed by atoms with Crippen LogP contribution >= 0.6 is 0 Å². The third-order valence-electron chi connectivity index (χ3n) is 1.40. The molecule has 56 valence electrons. The van der Waals surface area contributed by atoms with Crippen LogP contribution in [-0.4, -0.2) is 17.2 Å². The Kier molecular flexibility index (Phi) is 1.94. The Bertz CT molecular complexity index is 172. The summed E-state index contributed by atoms with van der Waals surface area (Å²) in [5.74, 6) is -0.372. The summed E-state index contributed by atoms with van der Waals surface area (Å²) in [6, 6.07) is 0. The highest BCUT2D eigenvalue weighted by molar-refractivity contribution is 5.85. The molecule has 1 atom stereocenters.